The molecule has 2 heterocycles. The number of rotatable bonds is 3. The van der Waals surface area contributed by atoms with Crippen molar-refractivity contribution in [2.24, 2.45) is 0 Å². The quantitative estimate of drug-likeness (QED) is 0.623. The van der Waals surface area contributed by atoms with Gasteiger partial charge in [-0.05, 0) is 24.6 Å². The third-order valence-electron chi connectivity index (χ3n) is 2.42. The zero-order valence-electron chi connectivity index (χ0n) is 8.13. The summed E-state index contributed by atoms with van der Waals surface area (Å²) in [6.07, 6.45) is 2.80. The predicted molar refractivity (Wildman–Crippen MR) is 60.2 cm³/mol. The van der Waals surface area contributed by atoms with Crippen LogP contribution in [0.15, 0.2) is 6.20 Å². The van der Waals surface area contributed by atoms with Crippen molar-refractivity contribution < 1.29 is 0 Å². The molecule has 1 fully saturated rings. The molecule has 0 bridgehead atoms. The summed E-state index contributed by atoms with van der Waals surface area (Å²) in [5.41, 5.74) is 0.882. The molecule has 1 aromatic rings. The van der Waals surface area contributed by atoms with E-state index in [0.717, 1.165) is 25.1 Å². The molecule has 82 valence electrons. The van der Waals surface area contributed by atoms with Gasteiger partial charge in [0, 0.05) is 30.9 Å². The summed E-state index contributed by atoms with van der Waals surface area (Å²) in [5, 5.41) is 7.28. The molecule has 15 heavy (non-hydrogen) atoms. The maximum absolute atomic E-state index is 5.92. The molecule has 2 rings (SSSR count). The standard InChI is InChI=1S/C9H12Cl2N4/c10-8-6(4-14-9(11)15-8)3-13-7-1-2-12-5-7/h4,7,12-13H,1-3,5H2/t7-/m0/s1. The first-order valence-corrected chi connectivity index (χ1v) is 5.62. The maximum Gasteiger partial charge on any atom is 0.223 e. The molecule has 1 saturated heterocycles. The van der Waals surface area contributed by atoms with E-state index < -0.39 is 0 Å². The van der Waals surface area contributed by atoms with Gasteiger partial charge in [0.1, 0.15) is 5.15 Å². The summed E-state index contributed by atoms with van der Waals surface area (Å²) in [5.74, 6) is 0. The number of nitrogens with zero attached hydrogens (tertiary/aromatic N) is 2. The van der Waals surface area contributed by atoms with Crippen molar-refractivity contribution in [3.8, 4) is 0 Å². The second kappa shape index (κ2) is 5.07. The summed E-state index contributed by atoms with van der Waals surface area (Å²) < 4.78 is 0. The third-order valence-corrected chi connectivity index (χ3v) is 2.93. The topological polar surface area (TPSA) is 49.8 Å². The zero-order valence-corrected chi connectivity index (χ0v) is 9.65. The zero-order chi connectivity index (χ0) is 10.7. The Morgan fingerprint density at radius 3 is 3.07 bits per heavy atom. The van der Waals surface area contributed by atoms with E-state index >= 15 is 0 Å². The number of hydrogen-bond donors (Lipinski definition) is 2. The Hall–Kier alpha value is -0.420. The summed E-state index contributed by atoms with van der Waals surface area (Å²) >= 11 is 11.5. The van der Waals surface area contributed by atoms with Crippen molar-refractivity contribution >= 4 is 23.2 Å². The van der Waals surface area contributed by atoms with Crippen molar-refractivity contribution in [3.05, 3.63) is 22.2 Å². The van der Waals surface area contributed by atoms with Crippen LogP contribution in [0.1, 0.15) is 12.0 Å². The molecule has 2 N–H and O–H groups in total. The minimum Gasteiger partial charge on any atom is -0.315 e. The highest BCUT2D eigenvalue weighted by molar-refractivity contribution is 6.32. The van der Waals surface area contributed by atoms with E-state index in [-0.39, 0.29) is 5.28 Å². The average molecular weight is 247 g/mol. The van der Waals surface area contributed by atoms with Crippen LogP contribution < -0.4 is 10.6 Å². The molecule has 0 amide bonds. The summed E-state index contributed by atoms with van der Waals surface area (Å²) in [6.45, 7) is 2.76. The van der Waals surface area contributed by atoms with Crippen molar-refractivity contribution in [2.75, 3.05) is 13.1 Å². The molecule has 1 aliphatic rings. The van der Waals surface area contributed by atoms with Gasteiger partial charge in [0.05, 0.1) is 0 Å². The van der Waals surface area contributed by atoms with Gasteiger partial charge in [0.15, 0.2) is 0 Å². The molecule has 0 spiro atoms. The van der Waals surface area contributed by atoms with Crippen molar-refractivity contribution in [1.29, 1.82) is 0 Å². The maximum atomic E-state index is 5.92. The smallest absolute Gasteiger partial charge is 0.223 e. The fourth-order valence-corrected chi connectivity index (χ4v) is 1.94. The fourth-order valence-electron chi connectivity index (χ4n) is 1.57. The molecule has 0 radical (unpaired) electrons. The lowest BCUT2D eigenvalue weighted by Gasteiger charge is -2.11. The van der Waals surface area contributed by atoms with E-state index in [4.69, 9.17) is 23.2 Å². The molecule has 0 saturated carbocycles. The number of nitrogens with one attached hydrogen (secondary N) is 2. The fraction of sp³-hybridized carbons (Fsp3) is 0.556. The van der Waals surface area contributed by atoms with Crippen LogP contribution in [-0.2, 0) is 6.54 Å². The molecule has 0 unspecified atom stereocenters. The normalized spacial score (nSPS) is 20.8. The first kappa shape index (κ1) is 11.1. The van der Waals surface area contributed by atoms with Gasteiger partial charge in [-0.3, -0.25) is 0 Å². The largest absolute Gasteiger partial charge is 0.315 e. The first-order chi connectivity index (χ1) is 7.25. The van der Waals surface area contributed by atoms with Crippen molar-refractivity contribution in [1.82, 2.24) is 20.6 Å². The van der Waals surface area contributed by atoms with Crippen LogP contribution in [0.4, 0.5) is 0 Å². The van der Waals surface area contributed by atoms with E-state index in [1.54, 1.807) is 6.20 Å². The van der Waals surface area contributed by atoms with E-state index in [2.05, 4.69) is 20.6 Å². The molecule has 0 aromatic carbocycles. The Bertz CT molecular complexity index is 339. The van der Waals surface area contributed by atoms with Gasteiger partial charge in [-0.1, -0.05) is 11.6 Å². The molecule has 1 aromatic heterocycles. The highest BCUT2D eigenvalue weighted by atomic mass is 35.5. The molecule has 1 aliphatic heterocycles. The van der Waals surface area contributed by atoms with Crippen LogP contribution >= 0.6 is 23.2 Å². The second-order valence-corrected chi connectivity index (χ2v) is 4.22. The van der Waals surface area contributed by atoms with Gasteiger partial charge in [0.25, 0.3) is 0 Å². The Morgan fingerprint density at radius 2 is 2.40 bits per heavy atom. The van der Waals surface area contributed by atoms with Gasteiger partial charge in [-0.25, -0.2) is 9.97 Å². The van der Waals surface area contributed by atoms with Gasteiger partial charge >= 0.3 is 0 Å². The number of halogens is 2. The molecule has 0 aliphatic carbocycles. The van der Waals surface area contributed by atoms with Gasteiger partial charge in [0.2, 0.25) is 5.28 Å². The molecular formula is C9H12Cl2N4. The van der Waals surface area contributed by atoms with Crippen LogP contribution in [0.3, 0.4) is 0 Å². The summed E-state index contributed by atoms with van der Waals surface area (Å²) in [4.78, 5) is 7.78. The highest BCUT2D eigenvalue weighted by Gasteiger charge is 2.14. The SMILES string of the molecule is Clc1ncc(CN[C@H]2CCNC2)c(Cl)n1. The summed E-state index contributed by atoms with van der Waals surface area (Å²) in [7, 11) is 0. The van der Waals surface area contributed by atoms with Crippen LogP contribution in [0, 0.1) is 0 Å². The van der Waals surface area contributed by atoms with Crippen molar-refractivity contribution in [2.45, 2.75) is 19.0 Å². The van der Waals surface area contributed by atoms with Crippen LogP contribution in [0.5, 0.6) is 0 Å². The van der Waals surface area contributed by atoms with Crippen LogP contribution in [-0.4, -0.2) is 29.1 Å². The Morgan fingerprint density at radius 1 is 1.53 bits per heavy atom. The van der Waals surface area contributed by atoms with Crippen LogP contribution in [0.2, 0.25) is 10.4 Å². The van der Waals surface area contributed by atoms with Crippen molar-refractivity contribution in [3.63, 3.8) is 0 Å². The highest BCUT2D eigenvalue weighted by Crippen LogP contribution is 2.14. The molecule has 4 nitrogen and oxygen atoms in total. The average Bonchev–Trinajstić information content (AvgIpc) is 2.69. The van der Waals surface area contributed by atoms with Gasteiger partial charge in [-0.15, -0.1) is 0 Å². The van der Waals surface area contributed by atoms with E-state index in [0.29, 0.717) is 17.7 Å². The lowest BCUT2D eigenvalue weighted by atomic mass is 10.2. The van der Waals surface area contributed by atoms with Gasteiger partial charge in [-0.2, -0.15) is 0 Å². The third kappa shape index (κ3) is 3.01. The monoisotopic (exact) mass is 246 g/mol. The van der Waals surface area contributed by atoms with Gasteiger partial charge < -0.3 is 10.6 Å². The lowest BCUT2D eigenvalue weighted by molar-refractivity contribution is 0.546. The lowest BCUT2D eigenvalue weighted by Crippen LogP contribution is -2.30. The predicted octanol–water partition coefficient (Wildman–Crippen LogP) is 1.23. The Kier molecular flexibility index (Phi) is 3.75. The first-order valence-electron chi connectivity index (χ1n) is 4.87. The van der Waals surface area contributed by atoms with E-state index in [1.807, 2.05) is 0 Å². The number of aromatic nitrogens is 2. The minimum absolute atomic E-state index is 0.186. The number of hydrogen-bond acceptors (Lipinski definition) is 4. The Balaban J connectivity index is 1.92. The molecule has 1 atom stereocenters. The van der Waals surface area contributed by atoms with E-state index in [9.17, 15) is 0 Å². The Labute approximate surface area is 98.4 Å². The van der Waals surface area contributed by atoms with Crippen LogP contribution in [0.25, 0.3) is 0 Å². The molecular weight excluding hydrogens is 235 g/mol. The second-order valence-electron chi connectivity index (χ2n) is 3.53. The molecule has 6 heteroatoms. The van der Waals surface area contributed by atoms with E-state index in [1.165, 1.54) is 0 Å². The summed E-state index contributed by atoms with van der Waals surface area (Å²) in [6, 6.07) is 0.511. The minimum atomic E-state index is 0.186.